The van der Waals surface area contributed by atoms with Crippen LogP contribution in [0.5, 0.6) is 0 Å². The highest BCUT2D eigenvalue weighted by molar-refractivity contribution is 5.78. The molecule has 0 aliphatic carbocycles. The van der Waals surface area contributed by atoms with Crippen molar-refractivity contribution in [3.63, 3.8) is 0 Å². The molecule has 0 saturated heterocycles. The van der Waals surface area contributed by atoms with Gasteiger partial charge in [-0.05, 0) is 25.5 Å². The largest absolute Gasteiger partial charge is 0.393 e. The molecule has 1 aromatic rings. The standard InChI is InChI=1S/C10H12NO/c1-9(2)12-11-8-10-6-4-3-5-7-10/h4-9H,1-2H3. The third-order valence-corrected chi connectivity index (χ3v) is 1.22. The number of oxime groups is 1. The molecular formula is C10H12NO. The second-order valence-corrected chi connectivity index (χ2v) is 2.72. The summed E-state index contributed by atoms with van der Waals surface area (Å²) in [4.78, 5) is 5.00. The molecule has 1 rings (SSSR count). The highest BCUT2D eigenvalue weighted by Crippen LogP contribution is 1.94. The molecule has 0 aliphatic heterocycles. The van der Waals surface area contributed by atoms with Gasteiger partial charge in [0.05, 0.1) is 6.21 Å². The second kappa shape index (κ2) is 4.54. The normalized spacial score (nSPS) is 10.9. The predicted octanol–water partition coefficient (Wildman–Crippen LogP) is 2.25. The van der Waals surface area contributed by atoms with Gasteiger partial charge in [-0.2, -0.15) is 0 Å². The summed E-state index contributed by atoms with van der Waals surface area (Å²) >= 11 is 0. The molecular weight excluding hydrogens is 150 g/mol. The third kappa shape index (κ3) is 3.19. The van der Waals surface area contributed by atoms with Crippen molar-refractivity contribution in [2.75, 3.05) is 0 Å². The molecule has 12 heavy (non-hydrogen) atoms. The van der Waals surface area contributed by atoms with E-state index < -0.39 is 0 Å². The van der Waals surface area contributed by atoms with Crippen LogP contribution in [0.15, 0.2) is 29.4 Å². The van der Waals surface area contributed by atoms with Crippen LogP contribution in [0.3, 0.4) is 0 Å². The predicted molar refractivity (Wildman–Crippen MR) is 49.1 cm³/mol. The smallest absolute Gasteiger partial charge is 0.122 e. The van der Waals surface area contributed by atoms with E-state index >= 15 is 0 Å². The molecule has 0 N–H and O–H groups in total. The van der Waals surface area contributed by atoms with Gasteiger partial charge in [0, 0.05) is 0 Å². The molecule has 0 amide bonds. The lowest BCUT2D eigenvalue weighted by Gasteiger charge is -1.99. The highest BCUT2D eigenvalue weighted by Gasteiger charge is 1.88. The Bertz CT molecular complexity index is 241. The maximum absolute atomic E-state index is 5.00. The second-order valence-electron chi connectivity index (χ2n) is 2.72. The fraction of sp³-hybridized carbons (Fsp3) is 0.300. The lowest BCUT2D eigenvalue weighted by molar-refractivity contribution is 0.0874. The number of hydrogen-bond acceptors (Lipinski definition) is 2. The van der Waals surface area contributed by atoms with Crippen molar-refractivity contribution in [1.82, 2.24) is 0 Å². The van der Waals surface area contributed by atoms with Gasteiger partial charge in [0.1, 0.15) is 6.10 Å². The molecule has 0 spiro atoms. The summed E-state index contributed by atoms with van der Waals surface area (Å²) in [6, 6.07) is 10.5. The summed E-state index contributed by atoms with van der Waals surface area (Å²) in [5.74, 6) is 0. The third-order valence-electron chi connectivity index (χ3n) is 1.22. The molecule has 0 aliphatic rings. The molecule has 0 aromatic heterocycles. The first-order chi connectivity index (χ1) is 5.79. The number of benzene rings is 1. The summed E-state index contributed by atoms with van der Waals surface area (Å²) in [5, 5.41) is 3.80. The Morgan fingerprint density at radius 1 is 1.42 bits per heavy atom. The van der Waals surface area contributed by atoms with E-state index in [0.717, 1.165) is 5.56 Å². The first-order valence-electron chi connectivity index (χ1n) is 3.94. The van der Waals surface area contributed by atoms with Crippen molar-refractivity contribution in [3.8, 4) is 0 Å². The quantitative estimate of drug-likeness (QED) is 0.493. The lowest BCUT2D eigenvalue weighted by Crippen LogP contribution is -1.95. The van der Waals surface area contributed by atoms with Gasteiger partial charge in [0.15, 0.2) is 0 Å². The Morgan fingerprint density at radius 2 is 2.08 bits per heavy atom. The maximum atomic E-state index is 5.00. The van der Waals surface area contributed by atoms with Gasteiger partial charge in [-0.3, -0.25) is 0 Å². The minimum atomic E-state index is 0.136. The molecule has 0 saturated carbocycles. The van der Waals surface area contributed by atoms with Crippen LogP contribution in [0.2, 0.25) is 0 Å². The van der Waals surface area contributed by atoms with Gasteiger partial charge in [-0.1, -0.05) is 29.4 Å². The van der Waals surface area contributed by atoms with Crippen molar-refractivity contribution in [3.05, 3.63) is 35.9 Å². The Hall–Kier alpha value is -1.31. The lowest BCUT2D eigenvalue weighted by atomic mass is 10.2. The highest BCUT2D eigenvalue weighted by atomic mass is 16.6. The van der Waals surface area contributed by atoms with E-state index in [4.69, 9.17) is 4.84 Å². The zero-order valence-electron chi connectivity index (χ0n) is 7.32. The van der Waals surface area contributed by atoms with E-state index in [9.17, 15) is 0 Å². The van der Waals surface area contributed by atoms with Crippen LogP contribution in [0, 0.1) is 6.07 Å². The zero-order valence-corrected chi connectivity index (χ0v) is 7.32. The molecule has 0 unspecified atom stereocenters. The molecule has 1 radical (unpaired) electrons. The van der Waals surface area contributed by atoms with Crippen LogP contribution in [0.25, 0.3) is 0 Å². The van der Waals surface area contributed by atoms with E-state index in [-0.39, 0.29) is 6.10 Å². The van der Waals surface area contributed by atoms with Gasteiger partial charge >= 0.3 is 0 Å². The Kier molecular flexibility index (Phi) is 3.33. The minimum Gasteiger partial charge on any atom is -0.393 e. The van der Waals surface area contributed by atoms with E-state index in [1.165, 1.54) is 0 Å². The van der Waals surface area contributed by atoms with Crippen molar-refractivity contribution in [2.24, 2.45) is 5.16 Å². The SMILES string of the molecule is CC(C)ON=Cc1cc[c]cc1. The molecule has 0 bridgehead atoms. The van der Waals surface area contributed by atoms with Crippen LogP contribution in [0.1, 0.15) is 19.4 Å². The number of rotatable bonds is 3. The Balaban J connectivity index is 2.47. The molecule has 0 heterocycles. The van der Waals surface area contributed by atoms with Crippen LogP contribution in [0.4, 0.5) is 0 Å². The van der Waals surface area contributed by atoms with E-state index in [2.05, 4.69) is 11.2 Å². The van der Waals surface area contributed by atoms with Gasteiger partial charge in [0.25, 0.3) is 0 Å². The Labute approximate surface area is 72.9 Å². The van der Waals surface area contributed by atoms with E-state index in [1.54, 1.807) is 6.21 Å². The first kappa shape index (κ1) is 8.78. The van der Waals surface area contributed by atoms with Gasteiger partial charge in [-0.15, -0.1) is 0 Å². The minimum absolute atomic E-state index is 0.136. The summed E-state index contributed by atoms with van der Waals surface area (Å²) < 4.78 is 0. The molecule has 63 valence electrons. The Morgan fingerprint density at radius 3 is 2.67 bits per heavy atom. The maximum Gasteiger partial charge on any atom is 0.122 e. The number of hydrogen-bond donors (Lipinski definition) is 0. The van der Waals surface area contributed by atoms with Crippen LogP contribution in [-0.4, -0.2) is 12.3 Å². The summed E-state index contributed by atoms with van der Waals surface area (Å²) in [7, 11) is 0. The molecule has 0 atom stereocenters. The summed E-state index contributed by atoms with van der Waals surface area (Å²) in [6.07, 6.45) is 1.82. The fourth-order valence-corrected chi connectivity index (χ4v) is 0.699. The van der Waals surface area contributed by atoms with Gasteiger partial charge < -0.3 is 4.84 Å². The monoisotopic (exact) mass is 162 g/mol. The average molecular weight is 162 g/mol. The van der Waals surface area contributed by atoms with Crippen LogP contribution < -0.4 is 0 Å². The molecule has 2 heteroatoms. The van der Waals surface area contributed by atoms with Gasteiger partial charge in [0.2, 0.25) is 0 Å². The van der Waals surface area contributed by atoms with Crippen LogP contribution >= 0.6 is 0 Å². The van der Waals surface area contributed by atoms with Crippen molar-refractivity contribution < 1.29 is 4.84 Å². The average Bonchev–Trinajstić information content (AvgIpc) is 2.05. The summed E-state index contributed by atoms with van der Waals surface area (Å²) in [5.41, 5.74) is 1.02. The topological polar surface area (TPSA) is 21.6 Å². The van der Waals surface area contributed by atoms with Crippen molar-refractivity contribution >= 4 is 6.21 Å². The first-order valence-corrected chi connectivity index (χ1v) is 3.94. The van der Waals surface area contributed by atoms with Crippen LogP contribution in [-0.2, 0) is 4.84 Å². The molecule has 0 fully saturated rings. The fourth-order valence-electron chi connectivity index (χ4n) is 0.699. The number of nitrogens with zero attached hydrogens (tertiary/aromatic N) is 1. The molecule has 1 aromatic carbocycles. The summed E-state index contributed by atoms with van der Waals surface area (Å²) in [6.45, 7) is 3.88. The zero-order chi connectivity index (χ0) is 8.81. The van der Waals surface area contributed by atoms with E-state index in [0.29, 0.717) is 0 Å². The van der Waals surface area contributed by atoms with E-state index in [1.807, 2.05) is 38.1 Å². The van der Waals surface area contributed by atoms with Crippen molar-refractivity contribution in [2.45, 2.75) is 20.0 Å². The molecule has 2 nitrogen and oxygen atoms in total. The van der Waals surface area contributed by atoms with Gasteiger partial charge in [-0.25, -0.2) is 0 Å². The van der Waals surface area contributed by atoms with Crippen molar-refractivity contribution in [1.29, 1.82) is 0 Å².